The molecule has 3 aromatic rings. The maximum atomic E-state index is 12.3. The Hall–Kier alpha value is -2.75. The van der Waals surface area contributed by atoms with Crippen LogP contribution >= 0.6 is 35.0 Å². The molecule has 162 valence electrons. The fraction of sp³-hybridized carbons (Fsp3) is 0.200. The largest absolute Gasteiger partial charge is 0.497 e. The van der Waals surface area contributed by atoms with E-state index in [1.54, 1.807) is 61.2 Å². The van der Waals surface area contributed by atoms with Crippen LogP contribution in [0, 0.1) is 0 Å². The number of hydrogen-bond acceptors (Lipinski definition) is 6. The first kappa shape index (κ1) is 22.9. The van der Waals surface area contributed by atoms with Crippen molar-refractivity contribution < 1.29 is 14.3 Å². The van der Waals surface area contributed by atoms with E-state index in [1.807, 2.05) is 0 Å². The van der Waals surface area contributed by atoms with E-state index in [9.17, 15) is 9.59 Å². The van der Waals surface area contributed by atoms with Gasteiger partial charge >= 0.3 is 0 Å². The molecule has 0 fully saturated rings. The highest BCUT2D eigenvalue weighted by Gasteiger charge is 2.13. The Morgan fingerprint density at radius 1 is 1.10 bits per heavy atom. The molecule has 31 heavy (non-hydrogen) atoms. The Labute approximate surface area is 193 Å². The molecule has 0 aliphatic rings. The van der Waals surface area contributed by atoms with Crippen molar-refractivity contribution in [3.05, 3.63) is 63.9 Å². The standard InChI is InChI=1S/C20H19Cl2N5O3S/c1-27-17(10-23-19(29)12-3-5-16(30-2)6-4-12)25-26-20(27)31-11-18(28)24-15-8-13(21)7-14(22)9-15/h3-9H,10-11H2,1-2H3,(H,23,29)(H,24,28). The number of carbonyl (C=O) groups is 2. The fourth-order valence-corrected chi connectivity index (χ4v) is 3.84. The Morgan fingerprint density at radius 2 is 1.77 bits per heavy atom. The molecule has 0 aliphatic heterocycles. The van der Waals surface area contributed by atoms with Gasteiger partial charge in [-0.2, -0.15) is 0 Å². The normalized spacial score (nSPS) is 10.6. The smallest absolute Gasteiger partial charge is 0.251 e. The zero-order chi connectivity index (χ0) is 22.4. The number of aromatic nitrogens is 3. The molecule has 1 aromatic heterocycles. The van der Waals surface area contributed by atoms with Gasteiger partial charge in [0.05, 0.1) is 19.4 Å². The van der Waals surface area contributed by atoms with E-state index in [4.69, 9.17) is 27.9 Å². The predicted octanol–water partition coefficient (Wildman–Crippen LogP) is 3.79. The van der Waals surface area contributed by atoms with Crippen molar-refractivity contribution in [2.75, 3.05) is 18.2 Å². The van der Waals surface area contributed by atoms with Crippen LogP contribution in [0.1, 0.15) is 16.2 Å². The monoisotopic (exact) mass is 479 g/mol. The second-order valence-electron chi connectivity index (χ2n) is 6.36. The summed E-state index contributed by atoms with van der Waals surface area (Å²) in [6, 6.07) is 11.6. The van der Waals surface area contributed by atoms with E-state index in [2.05, 4.69) is 20.8 Å². The highest BCUT2D eigenvalue weighted by Crippen LogP contribution is 2.23. The molecule has 0 aliphatic carbocycles. The summed E-state index contributed by atoms with van der Waals surface area (Å²) in [5, 5.41) is 15.1. The molecule has 0 spiro atoms. The lowest BCUT2D eigenvalue weighted by Gasteiger charge is -2.07. The van der Waals surface area contributed by atoms with Crippen LogP contribution < -0.4 is 15.4 Å². The molecule has 0 saturated carbocycles. The lowest BCUT2D eigenvalue weighted by Crippen LogP contribution is -2.24. The zero-order valence-corrected chi connectivity index (χ0v) is 19.0. The van der Waals surface area contributed by atoms with Crippen LogP contribution in [-0.2, 0) is 18.4 Å². The van der Waals surface area contributed by atoms with Gasteiger partial charge in [-0.25, -0.2) is 0 Å². The number of anilines is 1. The molecule has 0 radical (unpaired) electrons. The van der Waals surface area contributed by atoms with Gasteiger partial charge in [-0.15, -0.1) is 10.2 Å². The summed E-state index contributed by atoms with van der Waals surface area (Å²) < 4.78 is 6.81. The summed E-state index contributed by atoms with van der Waals surface area (Å²) in [5.74, 6) is 0.884. The van der Waals surface area contributed by atoms with E-state index in [0.29, 0.717) is 38.0 Å². The summed E-state index contributed by atoms with van der Waals surface area (Å²) in [6.45, 7) is 0.197. The maximum Gasteiger partial charge on any atom is 0.251 e. The first-order chi connectivity index (χ1) is 14.9. The number of nitrogens with one attached hydrogen (secondary N) is 2. The van der Waals surface area contributed by atoms with Gasteiger partial charge in [-0.3, -0.25) is 9.59 Å². The lowest BCUT2D eigenvalue weighted by atomic mass is 10.2. The molecule has 2 N–H and O–H groups in total. The molecule has 2 aromatic carbocycles. The number of carbonyl (C=O) groups excluding carboxylic acids is 2. The molecule has 0 saturated heterocycles. The Morgan fingerprint density at radius 3 is 2.42 bits per heavy atom. The van der Waals surface area contributed by atoms with Crippen LogP contribution in [0.25, 0.3) is 0 Å². The van der Waals surface area contributed by atoms with Gasteiger partial charge in [-0.1, -0.05) is 35.0 Å². The van der Waals surface area contributed by atoms with Crippen molar-refractivity contribution in [1.82, 2.24) is 20.1 Å². The predicted molar refractivity (Wildman–Crippen MR) is 121 cm³/mol. The van der Waals surface area contributed by atoms with Crippen molar-refractivity contribution in [2.24, 2.45) is 7.05 Å². The second kappa shape index (κ2) is 10.5. The average molecular weight is 480 g/mol. The molecule has 0 unspecified atom stereocenters. The Bertz CT molecular complexity index is 1070. The SMILES string of the molecule is COc1ccc(C(=O)NCc2nnc(SCC(=O)Nc3cc(Cl)cc(Cl)c3)n2C)cc1. The third-order valence-electron chi connectivity index (χ3n) is 4.16. The highest BCUT2D eigenvalue weighted by molar-refractivity contribution is 7.99. The molecular weight excluding hydrogens is 461 g/mol. The van der Waals surface area contributed by atoms with Gasteiger partial charge in [0.1, 0.15) is 5.75 Å². The highest BCUT2D eigenvalue weighted by atomic mass is 35.5. The summed E-state index contributed by atoms with van der Waals surface area (Å²) in [7, 11) is 3.33. The van der Waals surface area contributed by atoms with Crippen LogP contribution in [0.2, 0.25) is 10.0 Å². The average Bonchev–Trinajstić information content (AvgIpc) is 3.09. The van der Waals surface area contributed by atoms with E-state index in [1.165, 1.54) is 11.8 Å². The van der Waals surface area contributed by atoms with E-state index in [0.717, 1.165) is 0 Å². The summed E-state index contributed by atoms with van der Waals surface area (Å²) in [5.41, 5.74) is 1.03. The van der Waals surface area contributed by atoms with E-state index in [-0.39, 0.29) is 24.1 Å². The minimum atomic E-state index is -0.237. The van der Waals surface area contributed by atoms with Gasteiger partial charge in [0.25, 0.3) is 5.91 Å². The lowest BCUT2D eigenvalue weighted by molar-refractivity contribution is -0.113. The number of thioether (sulfide) groups is 1. The van der Waals surface area contributed by atoms with Crippen LogP contribution in [0.3, 0.4) is 0 Å². The fourth-order valence-electron chi connectivity index (χ4n) is 2.58. The first-order valence-corrected chi connectivity index (χ1v) is 10.8. The van der Waals surface area contributed by atoms with Crippen molar-refractivity contribution >= 4 is 52.5 Å². The first-order valence-electron chi connectivity index (χ1n) is 9.05. The summed E-state index contributed by atoms with van der Waals surface area (Å²) >= 11 is 13.1. The van der Waals surface area contributed by atoms with Crippen molar-refractivity contribution in [2.45, 2.75) is 11.7 Å². The molecule has 0 bridgehead atoms. The molecular formula is C20H19Cl2N5O3S. The number of halogens is 2. The third-order valence-corrected chi connectivity index (χ3v) is 5.62. The van der Waals surface area contributed by atoms with Crippen LogP contribution in [0.15, 0.2) is 47.6 Å². The minimum Gasteiger partial charge on any atom is -0.497 e. The molecule has 8 nitrogen and oxygen atoms in total. The molecule has 3 rings (SSSR count). The van der Waals surface area contributed by atoms with Crippen LogP contribution in [-0.4, -0.2) is 39.4 Å². The minimum absolute atomic E-state index is 0.119. The molecule has 11 heteroatoms. The van der Waals surface area contributed by atoms with Gasteiger partial charge in [0.15, 0.2) is 11.0 Å². The summed E-state index contributed by atoms with van der Waals surface area (Å²) in [6.07, 6.45) is 0. The Kier molecular flexibility index (Phi) is 7.78. The quantitative estimate of drug-likeness (QED) is 0.476. The third kappa shape index (κ3) is 6.36. The number of ether oxygens (including phenoxy) is 1. The maximum absolute atomic E-state index is 12.3. The number of methoxy groups -OCH3 is 1. The van der Waals surface area contributed by atoms with Crippen molar-refractivity contribution in [3.63, 3.8) is 0 Å². The number of benzene rings is 2. The number of rotatable bonds is 8. The van der Waals surface area contributed by atoms with Crippen molar-refractivity contribution in [1.29, 1.82) is 0 Å². The topological polar surface area (TPSA) is 98.1 Å². The van der Waals surface area contributed by atoms with Gasteiger partial charge in [0, 0.05) is 28.3 Å². The van der Waals surface area contributed by atoms with Gasteiger partial charge < -0.3 is 19.9 Å². The van der Waals surface area contributed by atoms with Crippen molar-refractivity contribution in [3.8, 4) is 5.75 Å². The van der Waals surface area contributed by atoms with E-state index < -0.39 is 0 Å². The summed E-state index contributed by atoms with van der Waals surface area (Å²) in [4.78, 5) is 24.5. The molecule has 0 atom stereocenters. The zero-order valence-electron chi connectivity index (χ0n) is 16.7. The molecule has 2 amide bonds. The van der Waals surface area contributed by atoms with Crippen LogP contribution in [0.5, 0.6) is 5.75 Å². The number of hydrogen-bond donors (Lipinski definition) is 2. The molecule has 1 heterocycles. The van der Waals surface area contributed by atoms with Crippen LogP contribution in [0.4, 0.5) is 5.69 Å². The Balaban J connectivity index is 1.52. The van der Waals surface area contributed by atoms with Gasteiger partial charge in [-0.05, 0) is 42.5 Å². The van der Waals surface area contributed by atoms with E-state index >= 15 is 0 Å². The second-order valence-corrected chi connectivity index (χ2v) is 8.18. The van der Waals surface area contributed by atoms with Gasteiger partial charge in [0.2, 0.25) is 5.91 Å². The number of nitrogens with zero attached hydrogens (tertiary/aromatic N) is 3. The number of amides is 2.